The number of rotatable bonds is 6. The fourth-order valence-electron chi connectivity index (χ4n) is 0.617. The fourth-order valence-corrected chi connectivity index (χ4v) is 0.945. The molecule has 0 heterocycles. The topological polar surface area (TPSA) is 89.9 Å². The van der Waals surface area contributed by atoms with E-state index in [9.17, 15) is 13.2 Å². The van der Waals surface area contributed by atoms with Crippen molar-refractivity contribution >= 4 is 16.1 Å². The van der Waals surface area contributed by atoms with Crippen LogP contribution in [0.2, 0.25) is 0 Å². The van der Waals surface area contributed by atoms with Crippen LogP contribution in [0.25, 0.3) is 0 Å². The lowest BCUT2D eigenvalue weighted by atomic mass is 10.5. The van der Waals surface area contributed by atoms with Crippen molar-refractivity contribution < 1.29 is 27.2 Å². The Kier molecular flexibility index (Phi) is 5.66. The van der Waals surface area contributed by atoms with Crippen LogP contribution >= 0.6 is 0 Å². The molecule has 0 aliphatic rings. The molecule has 0 amide bonds. The summed E-state index contributed by atoms with van der Waals surface area (Å²) in [5.74, 6) is -1.09. The molecule has 6 nitrogen and oxygen atoms in total. The molecule has 0 aliphatic heterocycles. The van der Waals surface area contributed by atoms with Gasteiger partial charge in [-0.25, -0.2) is 4.79 Å². The second kappa shape index (κ2) is 5.94. The smallest absolute Gasteiger partial charge is 0.332 e. The van der Waals surface area contributed by atoms with Crippen molar-refractivity contribution in [2.45, 2.75) is 20.0 Å². The highest BCUT2D eigenvalue weighted by atomic mass is 32.2. The summed E-state index contributed by atoms with van der Waals surface area (Å²) < 4.78 is 38.1. The molecule has 0 aromatic rings. The molecule has 14 heavy (non-hydrogen) atoms. The van der Waals surface area contributed by atoms with E-state index in [2.05, 4.69) is 4.74 Å². The molecule has 0 aromatic heterocycles. The zero-order chi connectivity index (χ0) is 11.2. The monoisotopic (exact) mass is 226 g/mol. The molecule has 0 fully saturated rings. The van der Waals surface area contributed by atoms with Crippen LogP contribution < -0.4 is 0 Å². The Morgan fingerprint density at radius 2 is 2.00 bits per heavy atom. The third-order valence-electron chi connectivity index (χ3n) is 1.07. The van der Waals surface area contributed by atoms with E-state index in [1.165, 1.54) is 0 Å². The number of carbonyl (C=O) groups excluding carboxylic acids is 1. The summed E-state index contributed by atoms with van der Waals surface area (Å²) in [5.41, 5.74) is 0. The Morgan fingerprint density at radius 1 is 1.43 bits per heavy atom. The van der Waals surface area contributed by atoms with Gasteiger partial charge in [-0.2, -0.15) is 8.42 Å². The fraction of sp³-hybridized carbons (Fsp3) is 0.857. The average molecular weight is 226 g/mol. The SMILES string of the molecule is CC(C)OC(=O)COCCS(=O)(=O)O. The van der Waals surface area contributed by atoms with Crippen molar-refractivity contribution in [2.24, 2.45) is 0 Å². The normalized spacial score (nSPS) is 11.7. The highest BCUT2D eigenvalue weighted by molar-refractivity contribution is 7.85. The molecule has 0 saturated heterocycles. The maximum absolute atomic E-state index is 10.8. The maximum Gasteiger partial charge on any atom is 0.332 e. The molecule has 0 spiro atoms. The lowest BCUT2D eigenvalue weighted by Gasteiger charge is -2.07. The first-order chi connectivity index (χ1) is 6.31. The van der Waals surface area contributed by atoms with Crippen molar-refractivity contribution in [3.8, 4) is 0 Å². The molecule has 0 saturated carbocycles. The van der Waals surface area contributed by atoms with Crippen LogP contribution in [0.3, 0.4) is 0 Å². The maximum atomic E-state index is 10.8. The van der Waals surface area contributed by atoms with Gasteiger partial charge < -0.3 is 9.47 Å². The van der Waals surface area contributed by atoms with Gasteiger partial charge in [0.1, 0.15) is 6.61 Å². The first kappa shape index (κ1) is 13.3. The molecule has 0 radical (unpaired) electrons. The van der Waals surface area contributed by atoms with Gasteiger partial charge in [0.15, 0.2) is 0 Å². The van der Waals surface area contributed by atoms with E-state index in [0.717, 1.165) is 0 Å². The van der Waals surface area contributed by atoms with Crippen LogP contribution in [-0.2, 0) is 24.4 Å². The molecule has 0 bridgehead atoms. The van der Waals surface area contributed by atoms with Crippen LogP contribution in [0.4, 0.5) is 0 Å². The number of hydrogen-bond donors (Lipinski definition) is 1. The van der Waals surface area contributed by atoms with Crippen molar-refractivity contribution in [3.05, 3.63) is 0 Å². The molecule has 0 rings (SSSR count). The summed E-state index contributed by atoms with van der Waals surface area (Å²) in [6, 6.07) is 0. The minimum atomic E-state index is -4.02. The van der Waals surface area contributed by atoms with Crippen molar-refractivity contribution in [2.75, 3.05) is 19.0 Å². The zero-order valence-electron chi connectivity index (χ0n) is 8.10. The van der Waals surface area contributed by atoms with Gasteiger partial charge >= 0.3 is 5.97 Å². The predicted octanol–water partition coefficient (Wildman–Crippen LogP) is -0.158. The van der Waals surface area contributed by atoms with Crippen molar-refractivity contribution in [3.63, 3.8) is 0 Å². The van der Waals surface area contributed by atoms with Gasteiger partial charge in [-0.05, 0) is 13.8 Å². The summed E-state index contributed by atoms with van der Waals surface area (Å²) in [4.78, 5) is 10.8. The third-order valence-corrected chi connectivity index (χ3v) is 1.76. The summed E-state index contributed by atoms with van der Waals surface area (Å²) in [6.45, 7) is 2.84. The van der Waals surface area contributed by atoms with E-state index in [1.54, 1.807) is 13.8 Å². The van der Waals surface area contributed by atoms with Gasteiger partial charge in [0.25, 0.3) is 10.1 Å². The molecule has 7 heteroatoms. The Hall–Kier alpha value is -0.660. The molecule has 0 atom stereocenters. The summed E-state index contributed by atoms with van der Waals surface area (Å²) >= 11 is 0. The van der Waals surface area contributed by atoms with Gasteiger partial charge in [0, 0.05) is 0 Å². The van der Waals surface area contributed by atoms with E-state index in [4.69, 9.17) is 9.29 Å². The van der Waals surface area contributed by atoms with E-state index < -0.39 is 21.8 Å². The standard InChI is InChI=1S/C7H14O6S/c1-6(2)13-7(8)5-12-3-4-14(9,10)11/h6H,3-5H2,1-2H3,(H,9,10,11). The second-order valence-electron chi connectivity index (χ2n) is 2.88. The van der Waals surface area contributed by atoms with Gasteiger partial charge in [0.2, 0.25) is 0 Å². The predicted molar refractivity (Wildman–Crippen MR) is 48.5 cm³/mol. The Balaban J connectivity index is 3.51. The minimum absolute atomic E-state index is 0.229. The lowest BCUT2D eigenvalue weighted by molar-refractivity contribution is -0.152. The Morgan fingerprint density at radius 3 is 2.43 bits per heavy atom. The van der Waals surface area contributed by atoms with E-state index >= 15 is 0 Å². The Labute approximate surface area is 82.9 Å². The van der Waals surface area contributed by atoms with Crippen LogP contribution in [-0.4, -0.2) is 44.0 Å². The summed E-state index contributed by atoms with van der Waals surface area (Å²) in [5, 5.41) is 0. The van der Waals surface area contributed by atoms with Gasteiger partial charge in [-0.15, -0.1) is 0 Å². The van der Waals surface area contributed by atoms with Crippen LogP contribution in [0.1, 0.15) is 13.8 Å². The molecular formula is C7H14O6S. The minimum Gasteiger partial charge on any atom is -0.461 e. The number of ether oxygens (including phenoxy) is 2. The van der Waals surface area contributed by atoms with Gasteiger partial charge in [0.05, 0.1) is 18.5 Å². The lowest BCUT2D eigenvalue weighted by Crippen LogP contribution is -2.19. The summed E-state index contributed by atoms with van der Waals surface area (Å²) in [6.07, 6.45) is -0.229. The molecule has 84 valence electrons. The number of hydrogen-bond acceptors (Lipinski definition) is 5. The van der Waals surface area contributed by atoms with Crippen LogP contribution in [0.5, 0.6) is 0 Å². The molecule has 1 N–H and O–H groups in total. The number of carbonyl (C=O) groups is 1. The largest absolute Gasteiger partial charge is 0.461 e. The van der Waals surface area contributed by atoms with Crippen molar-refractivity contribution in [1.82, 2.24) is 0 Å². The Bertz CT molecular complexity index is 268. The second-order valence-corrected chi connectivity index (χ2v) is 4.45. The molecule has 0 aromatic carbocycles. The molecule has 0 unspecified atom stereocenters. The molecule has 0 aliphatic carbocycles. The van der Waals surface area contributed by atoms with E-state index in [1.807, 2.05) is 0 Å². The van der Waals surface area contributed by atoms with Gasteiger partial charge in [-0.1, -0.05) is 0 Å². The average Bonchev–Trinajstić information content (AvgIpc) is 1.95. The summed E-state index contributed by atoms with van der Waals surface area (Å²) in [7, 11) is -4.02. The van der Waals surface area contributed by atoms with Gasteiger partial charge in [-0.3, -0.25) is 4.55 Å². The zero-order valence-corrected chi connectivity index (χ0v) is 8.91. The highest BCUT2D eigenvalue weighted by Gasteiger charge is 2.07. The van der Waals surface area contributed by atoms with Crippen molar-refractivity contribution in [1.29, 1.82) is 0 Å². The number of esters is 1. The quantitative estimate of drug-likeness (QED) is 0.384. The highest BCUT2D eigenvalue weighted by Crippen LogP contribution is 1.90. The molecular weight excluding hydrogens is 212 g/mol. The first-order valence-electron chi connectivity index (χ1n) is 4.03. The third kappa shape index (κ3) is 9.43. The van der Waals surface area contributed by atoms with E-state index in [-0.39, 0.29) is 19.3 Å². The first-order valence-corrected chi connectivity index (χ1v) is 5.64. The van der Waals surface area contributed by atoms with E-state index in [0.29, 0.717) is 0 Å². The van der Waals surface area contributed by atoms with Crippen LogP contribution in [0, 0.1) is 0 Å². The van der Waals surface area contributed by atoms with Crippen LogP contribution in [0.15, 0.2) is 0 Å².